The largest absolute Gasteiger partial charge is 0.476 e. The van der Waals surface area contributed by atoms with Gasteiger partial charge in [0.05, 0.1) is 22.6 Å². The number of carboxylic acids is 1. The summed E-state index contributed by atoms with van der Waals surface area (Å²) < 4.78 is 1.56. The summed E-state index contributed by atoms with van der Waals surface area (Å²) in [6.07, 6.45) is 1.37. The highest BCUT2D eigenvalue weighted by Gasteiger charge is 2.28. The predicted octanol–water partition coefficient (Wildman–Crippen LogP) is 3.47. The molecule has 1 aromatic carbocycles. The van der Waals surface area contributed by atoms with Gasteiger partial charge in [-0.05, 0) is 50.5 Å². The fraction of sp³-hybridized carbons (Fsp3) is 0.423. The van der Waals surface area contributed by atoms with Gasteiger partial charge >= 0.3 is 5.97 Å². The fourth-order valence-corrected chi connectivity index (χ4v) is 5.02. The van der Waals surface area contributed by atoms with Crippen LogP contribution in [0.3, 0.4) is 0 Å². The van der Waals surface area contributed by atoms with Gasteiger partial charge < -0.3 is 20.2 Å². The summed E-state index contributed by atoms with van der Waals surface area (Å²) in [5.41, 5.74) is 2.17. The minimum Gasteiger partial charge on any atom is -0.476 e. The molecule has 11 heteroatoms. The van der Waals surface area contributed by atoms with Gasteiger partial charge in [0.25, 0.3) is 5.56 Å². The zero-order valence-corrected chi connectivity index (χ0v) is 22.3. The van der Waals surface area contributed by atoms with Crippen LogP contribution < -0.4 is 15.8 Å². The number of nitrogens with zero attached hydrogens (tertiary/aromatic N) is 5. The van der Waals surface area contributed by atoms with Gasteiger partial charge in [-0.3, -0.25) is 14.2 Å². The van der Waals surface area contributed by atoms with Crippen molar-refractivity contribution in [3.05, 3.63) is 56.6 Å². The predicted molar refractivity (Wildman–Crippen MR) is 144 cm³/mol. The van der Waals surface area contributed by atoms with E-state index in [0.29, 0.717) is 48.5 Å². The average Bonchev–Trinajstić information content (AvgIpc) is 2.86. The summed E-state index contributed by atoms with van der Waals surface area (Å²) >= 11 is 5.90. The third-order valence-electron chi connectivity index (χ3n) is 6.80. The molecule has 0 aliphatic carbocycles. The van der Waals surface area contributed by atoms with E-state index in [-0.39, 0.29) is 34.3 Å². The molecule has 4 rings (SSSR count). The maximum Gasteiger partial charge on any atom is 0.356 e. The van der Waals surface area contributed by atoms with Gasteiger partial charge in [-0.15, -0.1) is 0 Å². The van der Waals surface area contributed by atoms with Crippen molar-refractivity contribution in [2.24, 2.45) is 13.0 Å². The second-order valence-electron chi connectivity index (χ2n) is 9.72. The molecule has 1 atom stereocenters. The van der Waals surface area contributed by atoms with Gasteiger partial charge in [0.1, 0.15) is 5.15 Å². The number of carboxylic acid groups (broad SMARTS) is 1. The van der Waals surface area contributed by atoms with Crippen LogP contribution in [0, 0.1) is 12.8 Å². The fourth-order valence-electron chi connectivity index (χ4n) is 4.87. The zero-order chi connectivity index (χ0) is 27.0. The third-order valence-corrected chi connectivity index (χ3v) is 7.01. The third kappa shape index (κ3) is 5.24. The number of benzene rings is 1. The molecule has 1 aliphatic heterocycles. The van der Waals surface area contributed by atoms with Crippen LogP contribution in [0.2, 0.25) is 5.15 Å². The molecule has 0 radical (unpaired) electrons. The van der Waals surface area contributed by atoms with Crippen LogP contribution in [0.15, 0.2) is 29.1 Å². The van der Waals surface area contributed by atoms with Crippen LogP contribution in [0.5, 0.6) is 0 Å². The summed E-state index contributed by atoms with van der Waals surface area (Å²) in [7, 11) is 5.24. The zero-order valence-electron chi connectivity index (χ0n) is 21.6. The van der Waals surface area contributed by atoms with Crippen molar-refractivity contribution in [1.29, 1.82) is 0 Å². The lowest BCUT2D eigenvalue weighted by Crippen LogP contribution is -2.42. The number of pyridine rings is 1. The first kappa shape index (κ1) is 26.4. The molecule has 3 heterocycles. The van der Waals surface area contributed by atoms with Gasteiger partial charge in [0.2, 0.25) is 11.9 Å². The Bertz CT molecular complexity index is 1430. The van der Waals surface area contributed by atoms with Crippen molar-refractivity contribution in [2.75, 3.05) is 37.4 Å². The number of halogens is 1. The van der Waals surface area contributed by atoms with E-state index in [1.165, 1.54) is 6.07 Å². The van der Waals surface area contributed by atoms with Gasteiger partial charge in [-0.2, -0.15) is 0 Å². The van der Waals surface area contributed by atoms with E-state index in [0.717, 1.165) is 11.1 Å². The lowest BCUT2D eigenvalue weighted by atomic mass is 9.95. The summed E-state index contributed by atoms with van der Waals surface area (Å²) in [5, 5.41) is 13.4. The average molecular weight is 527 g/mol. The Labute approximate surface area is 219 Å². The molecule has 2 N–H and O–H groups in total. The Morgan fingerprint density at radius 1 is 1.19 bits per heavy atom. The Morgan fingerprint density at radius 2 is 1.86 bits per heavy atom. The van der Waals surface area contributed by atoms with E-state index in [2.05, 4.69) is 10.3 Å². The normalized spacial score (nSPS) is 15.0. The lowest BCUT2D eigenvalue weighted by molar-refractivity contribution is -0.133. The molecule has 1 amide bonds. The van der Waals surface area contributed by atoms with Gasteiger partial charge in [-0.1, -0.05) is 17.7 Å². The number of rotatable bonds is 6. The van der Waals surface area contributed by atoms with Crippen LogP contribution in [0.25, 0.3) is 10.9 Å². The SMILES string of the molecule is Cc1cc([C@H](C)Nc2ccc(Cl)nc2C(=O)O)c2nc(N3CCC(C(=O)N(C)C)CC3)n(C)c(=O)c2c1. The molecule has 1 saturated heterocycles. The number of fused-ring (bicyclic) bond motifs is 1. The van der Waals surface area contributed by atoms with E-state index in [9.17, 15) is 19.5 Å². The highest BCUT2D eigenvalue weighted by Crippen LogP contribution is 2.30. The van der Waals surface area contributed by atoms with Crippen LogP contribution in [0.1, 0.15) is 47.4 Å². The van der Waals surface area contributed by atoms with E-state index in [1.54, 1.807) is 36.7 Å². The molecule has 1 fully saturated rings. The topological polar surface area (TPSA) is 121 Å². The number of carbonyl (C=O) groups is 2. The summed E-state index contributed by atoms with van der Waals surface area (Å²) in [6.45, 7) is 5.01. The Balaban J connectivity index is 1.73. The molecule has 10 nitrogen and oxygen atoms in total. The molecule has 2 aromatic heterocycles. The second kappa shape index (κ2) is 10.4. The number of amides is 1. The second-order valence-corrected chi connectivity index (χ2v) is 10.1. The monoisotopic (exact) mass is 526 g/mol. The molecule has 0 spiro atoms. The van der Waals surface area contributed by atoms with Crippen LogP contribution in [-0.4, -0.2) is 63.6 Å². The van der Waals surface area contributed by atoms with Crippen molar-refractivity contribution in [3.63, 3.8) is 0 Å². The van der Waals surface area contributed by atoms with E-state index < -0.39 is 5.97 Å². The molecular weight excluding hydrogens is 496 g/mol. The van der Waals surface area contributed by atoms with Crippen LogP contribution in [-0.2, 0) is 11.8 Å². The van der Waals surface area contributed by atoms with E-state index in [1.807, 2.05) is 30.9 Å². The van der Waals surface area contributed by atoms with Crippen molar-refractivity contribution < 1.29 is 14.7 Å². The quantitative estimate of drug-likeness (QED) is 0.468. The van der Waals surface area contributed by atoms with Crippen molar-refractivity contribution in [3.8, 4) is 0 Å². The molecule has 1 aliphatic rings. The van der Waals surface area contributed by atoms with Crippen LogP contribution in [0.4, 0.5) is 11.6 Å². The highest BCUT2D eigenvalue weighted by molar-refractivity contribution is 6.29. The number of aromatic carboxylic acids is 1. The minimum absolute atomic E-state index is 0.0393. The van der Waals surface area contributed by atoms with Gasteiger partial charge in [-0.25, -0.2) is 14.8 Å². The molecule has 3 aromatic rings. The van der Waals surface area contributed by atoms with Gasteiger partial charge in [0.15, 0.2) is 5.69 Å². The lowest BCUT2D eigenvalue weighted by Gasteiger charge is -2.34. The number of piperidine rings is 1. The van der Waals surface area contributed by atoms with Crippen molar-refractivity contribution in [1.82, 2.24) is 19.4 Å². The van der Waals surface area contributed by atoms with Crippen LogP contribution >= 0.6 is 11.6 Å². The summed E-state index contributed by atoms with van der Waals surface area (Å²) in [5.74, 6) is -0.570. The Kier molecular flexibility index (Phi) is 7.40. The Morgan fingerprint density at radius 3 is 2.49 bits per heavy atom. The van der Waals surface area contributed by atoms with E-state index >= 15 is 0 Å². The number of anilines is 2. The Hall–Kier alpha value is -3.66. The van der Waals surface area contributed by atoms with E-state index in [4.69, 9.17) is 16.6 Å². The molecule has 0 saturated carbocycles. The molecular formula is C26H31ClN6O4. The number of aromatic nitrogens is 3. The minimum atomic E-state index is -1.20. The van der Waals surface area contributed by atoms with Crippen molar-refractivity contribution in [2.45, 2.75) is 32.7 Å². The summed E-state index contributed by atoms with van der Waals surface area (Å²) in [6, 6.07) is 6.47. The first-order valence-corrected chi connectivity index (χ1v) is 12.5. The smallest absolute Gasteiger partial charge is 0.356 e. The summed E-state index contributed by atoms with van der Waals surface area (Å²) in [4.78, 5) is 50.1. The molecule has 37 heavy (non-hydrogen) atoms. The number of hydrogen-bond acceptors (Lipinski definition) is 7. The number of aryl methyl sites for hydroxylation is 1. The molecule has 0 unspecified atom stereocenters. The maximum atomic E-state index is 13.4. The number of nitrogens with one attached hydrogen (secondary N) is 1. The maximum absolute atomic E-state index is 13.4. The first-order valence-electron chi connectivity index (χ1n) is 12.1. The van der Waals surface area contributed by atoms with Crippen molar-refractivity contribution >= 4 is 46.0 Å². The molecule has 196 valence electrons. The number of carbonyl (C=O) groups excluding carboxylic acids is 1. The standard InChI is InChI=1S/C26H31ClN6O4/c1-14-12-17(15(2)28-19-6-7-20(27)29-22(19)25(36)37)21-18(13-14)24(35)32(5)26(30-21)33-10-8-16(9-11-33)23(34)31(3)4/h6-7,12-13,15-16,28H,8-11H2,1-5H3,(H,36,37)/t15-/m0/s1. The first-order chi connectivity index (χ1) is 17.5. The molecule has 0 bridgehead atoms. The number of hydrogen-bond donors (Lipinski definition) is 2. The highest BCUT2D eigenvalue weighted by atomic mass is 35.5. The van der Waals surface area contributed by atoms with Gasteiger partial charge in [0, 0.05) is 45.7 Å².